The van der Waals surface area contributed by atoms with Gasteiger partial charge in [0.15, 0.2) is 0 Å². The normalized spacial score (nSPS) is 12.6. The minimum absolute atomic E-state index is 0.0641. The molecule has 0 saturated carbocycles. The van der Waals surface area contributed by atoms with Gasteiger partial charge in [0.2, 0.25) is 23.6 Å². The highest BCUT2D eigenvalue weighted by Gasteiger charge is 2.25. The first-order chi connectivity index (χ1) is 23.9. The van der Waals surface area contributed by atoms with E-state index in [0.717, 1.165) is 42.5 Å². The monoisotopic (exact) mass is 696 g/mol. The van der Waals surface area contributed by atoms with Crippen LogP contribution in [0.4, 0.5) is 5.69 Å². The Hall–Kier alpha value is -4.82. The zero-order valence-electron chi connectivity index (χ0n) is 29.0. The van der Waals surface area contributed by atoms with Crippen molar-refractivity contribution in [3.63, 3.8) is 0 Å². The van der Waals surface area contributed by atoms with Crippen LogP contribution in [0.25, 0.3) is 11.1 Å². The van der Waals surface area contributed by atoms with Gasteiger partial charge in [-0.25, -0.2) is 4.79 Å². The van der Waals surface area contributed by atoms with Crippen molar-refractivity contribution in [3.05, 3.63) is 54.1 Å². The van der Waals surface area contributed by atoms with E-state index >= 15 is 0 Å². The molecule has 0 aliphatic heterocycles. The van der Waals surface area contributed by atoms with Gasteiger partial charge in [-0.15, -0.1) is 0 Å². The molecule has 0 fully saturated rings. The molecule has 2 aromatic rings. The minimum atomic E-state index is -1.30. The van der Waals surface area contributed by atoms with Crippen molar-refractivity contribution in [3.8, 4) is 11.1 Å². The Balaban J connectivity index is 2.06. The summed E-state index contributed by atoms with van der Waals surface area (Å²) in [4.78, 5) is 72.3. The van der Waals surface area contributed by atoms with Crippen molar-refractivity contribution in [1.82, 2.24) is 21.3 Å². The molecule has 0 radical (unpaired) electrons. The van der Waals surface area contributed by atoms with Gasteiger partial charge in [-0.2, -0.15) is 0 Å². The lowest BCUT2D eigenvalue weighted by atomic mass is 9.99. The molecule has 9 N–H and O–H groups in total. The van der Waals surface area contributed by atoms with Gasteiger partial charge in [0.25, 0.3) is 0 Å². The Morgan fingerprint density at radius 2 is 1.38 bits per heavy atom. The second-order valence-corrected chi connectivity index (χ2v) is 12.2. The van der Waals surface area contributed by atoms with Gasteiger partial charge in [-0.05, 0) is 67.6 Å². The highest BCUT2D eigenvalue weighted by Crippen LogP contribution is 2.22. The largest absolute Gasteiger partial charge is 0.481 e. The van der Waals surface area contributed by atoms with Gasteiger partial charge in [-0.3, -0.25) is 24.0 Å². The quantitative estimate of drug-likeness (QED) is 0.0748. The van der Waals surface area contributed by atoms with Crippen LogP contribution in [0.3, 0.4) is 0 Å². The summed E-state index contributed by atoms with van der Waals surface area (Å²) in [7, 11) is 0. The number of carboxylic acid groups (broad SMARTS) is 2. The molecule has 14 nitrogen and oxygen atoms in total. The van der Waals surface area contributed by atoms with Gasteiger partial charge in [-0.1, -0.05) is 62.6 Å². The topological polar surface area (TPSA) is 229 Å². The fourth-order valence-electron chi connectivity index (χ4n) is 5.08. The molecular weight excluding hydrogens is 644 g/mol. The van der Waals surface area contributed by atoms with Crippen molar-refractivity contribution >= 4 is 41.3 Å². The van der Waals surface area contributed by atoms with E-state index < -0.39 is 47.8 Å². The van der Waals surface area contributed by atoms with Crippen LogP contribution in [0.2, 0.25) is 0 Å². The van der Waals surface area contributed by atoms with E-state index in [0.29, 0.717) is 18.7 Å². The predicted molar refractivity (Wildman–Crippen MR) is 190 cm³/mol. The Morgan fingerprint density at radius 1 is 0.720 bits per heavy atom. The van der Waals surface area contributed by atoms with Gasteiger partial charge in [0.1, 0.15) is 12.1 Å². The Bertz CT molecular complexity index is 1400. The molecule has 14 heteroatoms. The van der Waals surface area contributed by atoms with E-state index in [1.807, 2.05) is 36.4 Å². The molecule has 0 aromatic heterocycles. The number of benzene rings is 2. The lowest BCUT2D eigenvalue weighted by Crippen LogP contribution is -2.53. The molecule has 0 heterocycles. The molecule has 3 atom stereocenters. The van der Waals surface area contributed by atoms with Crippen molar-refractivity contribution in [2.45, 2.75) is 96.2 Å². The van der Waals surface area contributed by atoms with Gasteiger partial charge in [0, 0.05) is 38.4 Å². The molecule has 0 spiro atoms. The number of rotatable bonds is 24. The van der Waals surface area contributed by atoms with Crippen molar-refractivity contribution in [2.24, 2.45) is 5.73 Å². The SMILES string of the molecule is CCCCCCNCC[C@H](N)C(=O)N[C@H](Cc1ccc(-c2ccc(NC(C)=O)cc2)cc1)C(=O)NCC[C@@H](NC(=O)CCCC(=O)O)C(=O)O. The van der Waals surface area contributed by atoms with Gasteiger partial charge in [0.05, 0.1) is 6.04 Å². The van der Waals surface area contributed by atoms with Crippen LogP contribution in [-0.2, 0) is 35.2 Å². The summed E-state index contributed by atoms with van der Waals surface area (Å²) in [5, 5.41) is 32.1. The van der Waals surface area contributed by atoms with Crippen LogP contribution < -0.4 is 32.3 Å². The molecule has 2 aromatic carbocycles. The second kappa shape index (κ2) is 22.7. The molecular formula is C36H52N6O8. The van der Waals surface area contributed by atoms with E-state index in [-0.39, 0.29) is 44.6 Å². The third-order valence-corrected chi connectivity index (χ3v) is 7.90. The van der Waals surface area contributed by atoms with Crippen LogP contribution in [0.1, 0.15) is 77.2 Å². The van der Waals surface area contributed by atoms with E-state index in [4.69, 9.17) is 10.8 Å². The highest BCUT2D eigenvalue weighted by molar-refractivity contribution is 5.90. The summed E-state index contributed by atoms with van der Waals surface area (Å²) in [5.74, 6) is -4.17. The molecule has 0 aliphatic rings. The van der Waals surface area contributed by atoms with Crippen LogP contribution in [-0.4, -0.2) is 83.5 Å². The fourth-order valence-corrected chi connectivity index (χ4v) is 5.08. The number of carbonyl (C=O) groups excluding carboxylic acids is 4. The number of aliphatic carboxylic acids is 2. The number of hydrogen-bond acceptors (Lipinski definition) is 8. The molecule has 0 unspecified atom stereocenters. The molecule has 0 saturated heterocycles. The maximum absolute atomic E-state index is 13.4. The third kappa shape index (κ3) is 16.5. The van der Waals surface area contributed by atoms with E-state index in [1.165, 1.54) is 13.3 Å². The van der Waals surface area contributed by atoms with Gasteiger partial charge < -0.3 is 42.5 Å². The number of carboxylic acids is 2. The zero-order chi connectivity index (χ0) is 36.9. The first-order valence-corrected chi connectivity index (χ1v) is 17.1. The Labute approximate surface area is 293 Å². The summed E-state index contributed by atoms with van der Waals surface area (Å²) in [6.07, 6.45) is 4.55. The van der Waals surface area contributed by atoms with E-state index in [2.05, 4.69) is 33.5 Å². The summed E-state index contributed by atoms with van der Waals surface area (Å²) < 4.78 is 0. The first-order valence-electron chi connectivity index (χ1n) is 17.1. The summed E-state index contributed by atoms with van der Waals surface area (Å²) in [6, 6.07) is 11.6. The summed E-state index contributed by atoms with van der Waals surface area (Å²) in [5.41, 5.74) is 9.42. The number of unbranched alkanes of at least 4 members (excludes halogenated alkanes) is 3. The number of amides is 4. The van der Waals surface area contributed by atoms with Crippen molar-refractivity contribution in [2.75, 3.05) is 25.0 Å². The highest BCUT2D eigenvalue weighted by atomic mass is 16.4. The molecule has 2 rings (SSSR count). The average molecular weight is 697 g/mol. The van der Waals surface area contributed by atoms with E-state index in [1.54, 1.807) is 12.1 Å². The lowest BCUT2D eigenvalue weighted by Gasteiger charge is -2.22. The Kier molecular flexibility index (Phi) is 18.8. The average Bonchev–Trinajstić information content (AvgIpc) is 3.07. The zero-order valence-corrected chi connectivity index (χ0v) is 29.0. The van der Waals surface area contributed by atoms with Crippen molar-refractivity contribution in [1.29, 1.82) is 0 Å². The maximum atomic E-state index is 13.4. The van der Waals surface area contributed by atoms with Crippen molar-refractivity contribution < 1.29 is 39.0 Å². The third-order valence-electron chi connectivity index (χ3n) is 7.90. The number of nitrogens with one attached hydrogen (secondary N) is 5. The van der Waals surface area contributed by atoms with Crippen LogP contribution in [0.5, 0.6) is 0 Å². The standard InChI is InChI=1S/C36H52N6O8/c1-3-4-5-6-20-38-21-18-29(37)34(47)42-31(35(48)39-22-19-30(36(49)50)41-32(44)8-7-9-33(45)46)23-25-10-12-26(13-11-25)27-14-16-28(17-15-27)40-24(2)43/h10-17,29-31,38H,3-9,18-23,37H2,1-2H3,(H,39,48)(H,40,43)(H,41,44)(H,42,47)(H,45,46)(H,49,50)/t29-,30+,31+/m0/s1. The number of nitrogens with two attached hydrogens (primary N) is 1. The molecule has 50 heavy (non-hydrogen) atoms. The summed E-state index contributed by atoms with van der Waals surface area (Å²) in [6.45, 7) is 4.84. The van der Waals surface area contributed by atoms with E-state index in [9.17, 15) is 33.9 Å². The molecule has 0 bridgehead atoms. The van der Waals surface area contributed by atoms with Crippen LogP contribution in [0, 0.1) is 0 Å². The van der Waals surface area contributed by atoms with Crippen LogP contribution in [0.15, 0.2) is 48.5 Å². The van der Waals surface area contributed by atoms with Gasteiger partial charge >= 0.3 is 11.9 Å². The predicted octanol–water partition coefficient (Wildman–Crippen LogP) is 2.56. The second-order valence-electron chi connectivity index (χ2n) is 12.2. The molecule has 4 amide bonds. The fraction of sp³-hybridized carbons (Fsp3) is 0.500. The Morgan fingerprint density at radius 3 is 1.98 bits per heavy atom. The molecule has 274 valence electrons. The smallest absolute Gasteiger partial charge is 0.326 e. The molecule has 0 aliphatic carbocycles. The first kappa shape index (κ1) is 41.4. The minimum Gasteiger partial charge on any atom is -0.481 e. The number of hydrogen-bond donors (Lipinski definition) is 8. The maximum Gasteiger partial charge on any atom is 0.326 e. The summed E-state index contributed by atoms with van der Waals surface area (Å²) >= 11 is 0. The number of anilines is 1. The van der Waals surface area contributed by atoms with Crippen LogP contribution >= 0.6 is 0 Å². The lowest BCUT2D eigenvalue weighted by molar-refractivity contribution is -0.142. The number of carbonyl (C=O) groups is 6.